The van der Waals surface area contributed by atoms with Gasteiger partial charge in [-0.25, -0.2) is 4.79 Å². The number of benzene rings is 2. The van der Waals surface area contributed by atoms with Crippen LogP contribution in [0.3, 0.4) is 0 Å². The van der Waals surface area contributed by atoms with E-state index in [0.29, 0.717) is 0 Å². The van der Waals surface area contributed by atoms with Crippen LogP contribution < -0.4 is 10.6 Å². The molecular formula is C26H30N2O6. The van der Waals surface area contributed by atoms with Crippen LogP contribution in [0.2, 0.25) is 0 Å². The largest absolute Gasteiger partial charge is 0.481 e. The highest BCUT2D eigenvalue weighted by molar-refractivity contribution is 5.89. The minimum absolute atomic E-state index is 0.0790. The molecule has 1 saturated carbocycles. The van der Waals surface area contributed by atoms with Crippen LogP contribution in [-0.2, 0) is 19.1 Å². The zero-order chi connectivity index (χ0) is 24.1. The van der Waals surface area contributed by atoms with Gasteiger partial charge >= 0.3 is 12.1 Å². The standard InChI is InChI=1S/C26H30N2O6/c1-33-23-13-7-6-12-21(23)27-25(31)22(14-24(29)30)28-26(32)34-15-20-18-10-4-2-8-16(18)17-9-3-5-11-19(17)20/h2-5,8-11,20-23H,6-7,12-15H2,1H3,(H,27,31)(H,28,32)(H,29,30)/t21-,22?,23-/m1/s1. The van der Waals surface area contributed by atoms with E-state index in [-0.39, 0.29) is 24.7 Å². The van der Waals surface area contributed by atoms with Crippen molar-refractivity contribution in [2.75, 3.05) is 13.7 Å². The normalized spacial score (nSPS) is 20.0. The summed E-state index contributed by atoms with van der Waals surface area (Å²) in [4.78, 5) is 36.8. The first kappa shape index (κ1) is 23.8. The fourth-order valence-electron chi connectivity index (χ4n) is 4.99. The van der Waals surface area contributed by atoms with Crippen LogP contribution in [0.1, 0.15) is 49.1 Å². The van der Waals surface area contributed by atoms with Gasteiger partial charge in [0.1, 0.15) is 12.6 Å². The lowest BCUT2D eigenvalue weighted by molar-refractivity contribution is -0.140. The smallest absolute Gasteiger partial charge is 0.407 e. The van der Waals surface area contributed by atoms with Crippen molar-refractivity contribution in [2.45, 2.75) is 56.2 Å². The van der Waals surface area contributed by atoms with E-state index in [4.69, 9.17) is 9.47 Å². The van der Waals surface area contributed by atoms with E-state index in [1.165, 1.54) is 0 Å². The number of hydrogen-bond acceptors (Lipinski definition) is 5. The molecule has 0 bridgehead atoms. The number of ether oxygens (including phenoxy) is 2. The monoisotopic (exact) mass is 466 g/mol. The molecular weight excluding hydrogens is 436 g/mol. The Morgan fingerprint density at radius 1 is 1.00 bits per heavy atom. The van der Waals surface area contributed by atoms with Crippen molar-refractivity contribution in [3.8, 4) is 11.1 Å². The number of amides is 2. The van der Waals surface area contributed by atoms with E-state index in [1.54, 1.807) is 7.11 Å². The van der Waals surface area contributed by atoms with Gasteiger partial charge in [-0.2, -0.15) is 0 Å². The molecule has 0 spiro atoms. The molecule has 0 aliphatic heterocycles. The Balaban J connectivity index is 1.40. The molecule has 2 aliphatic rings. The molecule has 0 saturated heterocycles. The number of alkyl carbamates (subject to hydrolysis) is 1. The second kappa shape index (κ2) is 10.7. The Morgan fingerprint density at radius 3 is 2.24 bits per heavy atom. The summed E-state index contributed by atoms with van der Waals surface area (Å²) < 4.78 is 10.9. The van der Waals surface area contributed by atoms with E-state index in [9.17, 15) is 19.5 Å². The topological polar surface area (TPSA) is 114 Å². The molecule has 2 aromatic carbocycles. The van der Waals surface area contributed by atoms with Crippen molar-refractivity contribution >= 4 is 18.0 Å². The number of carboxylic acid groups (broad SMARTS) is 1. The van der Waals surface area contributed by atoms with E-state index < -0.39 is 30.4 Å². The summed E-state index contributed by atoms with van der Waals surface area (Å²) in [5.74, 6) is -1.87. The Bertz CT molecular complexity index is 1010. The number of nitrogens with one attached hydrogen (secondary N) is 2. The predicted octanol–water partition coefficient (Wildman–Crippen LogP) is 3.44. The molecule has 2 aromatic rings. The van der Waals surface area contributed by atoms with Crippen molar-refractivity contribution < 1.29 is 29.0 Å². The van der Waals surface area contributed by atoms with Crippen molar-refractivity contribution in [1.29, 1.82) is 0 Å². The lowest BCUT2D eigenvalue weighted by atomic mass is 9.92. The SMILES string of the molecule is CO[C@@H]1CCCC[C@H]1NC(=O)C(CC(=O)O)NC(=O)OCC1c2ccccc2-c2ccccc21. The minimum atomic E-state index is -1.24. The Hall–Kier alpha value is -3.39. The maximum absolute atomic E-state index is 12.8. The number of carboxylic acids is 1. The number of carbonyl (C=O) groups is 3. The fraction of sp³-hybridized carbons (Fsp3) is 0.423. The molecule has 8 heteroatoms. The van der Waals surface area contributed by atoms with Gasteiger partial charge in [-0.3, -0.25) is 9.59 Å². The van der Waals surface area contributed by atoms with Crippen LogP contribution in [-0.4, -0.2) is 55.0 Å². The Kier molecular flexibility index (Phi) is 7.47. The van der Waals surface area contributed by atoms with Crippen molar-refractivity contribution in [1.82, 2.24) is 10.6 Å². The van der Waals surface area contributed by atoms with Gasteiger partial charge in [0.25, 0.3) is 0 Å². The molecule has 2 amide bonds. The zero-order valence-corrected chi connectivity index (χ0v) is 19.2. The second-order valence-electron chi connectivity index (χ2n) is 8.79. The summed E-state index contributed by atoms with van der Waals surface area (Å²) in [6.07, 6.45) is 2.04. The van der Waals surface area contributed by atoms with Gasteiger partial charge in [0.15, 0.2) is 0 Å². The molecule has 0 aromatic heterocycles. The number of rotatable bonds is 8. The van der Waals surface area contributed by atoms with Crippen LogP contribution in [0, 0.1) is 0 Å². The number of methoxy groups -OCH3 is 1. The summed E-state index contributed by atoms with van der Waals surface area (Å²) >= 11 is 0. The first-order valence-electron chi connectivity index (χ1n) is 11.6. The van der Waals surface area contributed by atoms with Crippen LogP contribution in [0.15, 0.2) is 48.5 Å². The average Bonchev–Trinajstić information content (AvgIpc) is 3.16. The van der Waals surface area contributed by atoms with E-state index in [1.807, 2.05) is 48.5 Å². The zero-order valence-electron chi connectivity index (χ0n) is 19.2. The maximum Gasteiger partial charge on any atom is 0.407 e. The predicted molar refractivity (Wildman–Crippen MR) is 125 cm³/mol. The molecule has 2 aliphatic carbocycles. The lowest BCUT2D eigenvalue weighted by Gasteiger charge is -2.32. The summed E-state index contributed by atoms with van der Waals surface area (Å²) in [6, 6.07) is 14.5. The second-order valence-corrected chi connectivity index (χ2v) is 8.79. The molecule has 8 nitrogen and oxygen atoms in total. The van der Waals surface area contributed by atoms with Crippen LogP contribution in [0.4, 0.5) is 4.79 Å². The van der Waals surface area contributed by atoms with Crippen molar-refractivity contribution in [3.63, 3.8) is 0 Å². The summed E-state index contributed by atoms with van der Waals surface area (Å²) in [5, 5.41) is 14.6. The van der Waals surface area contributed by atoms with Gasteiger partial charge < -0.3 is 25.2 Å². The van der Waals surface area contributed by atoms with E-state index >= 15 is 0 Å². The van der Waals surface area contributed by atoms with Crippen LogP contribution in [0.5, 0.6) is 0 Å². The van der Waals surface area contributed by atoms with Crippen molar-refractivity contribution in [3.05, 3.63) is 59.7 Å². The lowest BCUT2D eigenvalue weighted by Crippen LogP contribution is -2.54. The summed E-state index contributed by atoms with van der Waals surface area (Å²) in [5.41, 5.74) is 4.35. The number of aliphatic carboxylic acids is 1. The molecule has 1 unspecified atom stereocenters. The third-order valence-corrected chi connectivity index (χ3v) is 6.66. The highest BCUT2D eigenvalue weighted by Crippen LogP contribution is 2.44. The number of hydrogen-bond donors (Lipinski definition) is 3. The van der Waals surface area contributed by atoms with Gasteiger partial charge in [-0.05, 0) is 35.1 Å². The van der Waals surface area contributed by atoms with Gasteiger partial charge in [0.2, 0.25) is 5.91 Å². The highest BCUT2D eigenvalue weighted by atomic mass is 16.5. The number of carbonyl (C=O) groups excluding carboxylic acids is 2. The van der Waals surface area contributed by atoms with E-state index in [0.717, 1.165) is 47.9 Å². The molecule has 3 N–H and O–H groups in total. The van der Waals surface area contributed by atoms with Gasteiger partial charge in [-0.1, -0.05) is 61.4 Å². The molecule has 4 rings (SSSR count). The first-order valence-corrected chi connectivity index (χ1v) is 11.6. The molecule has 0 heterocycles. The summed E-state index contributed by atoms with van der Waals surface area (Å²) in [6.45, 7) is 0.0790. The summed E-state index contributed by atoms with van der Waals surface area (Å²) in [7, 11) is 1.60. The first-order chi connectivity index (χ1) is 16.5. The molecule has 180 valence electrons. The molecule has 0 radical (unpaired) electrons. The van der Waals surface area contributed by atoms with Gasteiger partial charge in [0.05, 0.1) is 18.6 Å². The third kappa shape index (κ3) is 5.22. The number of fused-ring (bicyclic) bond motifs is 3. The van der Waals surface area contributed by atoms with Crippen LogP contribution >= 0.6 is 0 Å². The van der Waals surface area contributed by atoms with Gasteiger partial charge in [-0.15, -0.1) is 0 Å². The molecule has 3 atom stereocenters. The third-order valence-electron chi connectivity index (χ3n) is 6.66. The average molecular weight is 467 g/mol. The van der Waals surface area contributed by atoms with Gasteiger partial charge in [0, 0.05) is 13.0 Å². The van der Waals surface area contributed by atoms with Crippen molar-refractivity contribution in [2.24, 2.45) is 0 Å². The fourth-order valence-corrected chi connectivity index (χ4v) is 4.99. The molecule has 34 heavy (non-hydrogen) atoms. The minimum Gasteiger partial charge on any atom is -0.481 e. The van der Waals surface area contributed by atoms with Crippen LogP contribution in [0.25, 0.3) is 11.1 Å². The highest BCUT2D eigenvalue weighted by Gasteiger charge is 2.32. The van der Waals surface area contributed by atoms with E-state index in [2.05, 4.69) is 10.6 Å². The molecule has 1 fully saturated rings. The Labute approximate surface area is 198 Å². The Morgan fingerprint density at radius 2 is 1.62 bits per heavy atom. The maximum atomic E-state index is 12.8. The quantitative estimate of drug-likeness (QED) is 0.549.